The van der Waals surface area contributed by atoms with Gasteiger partial charge in [0.2, 0.25) is 0 Å². The van der Waals surface area contributed by atoms with Gasteiger partial charge in [0.1, 0.15) is 12.1 Å². The normalized spacial score (nSPS) is 12.7. The molecule has 0 saturated heterocycles. The number of anilines is 2. The maximum absolute atomic E-state index is 12.7. The molecule has 0 bridgehead atoms. The Balaban J connectivity index is 2.08. The number of hydrogen-bond donors (Lipinski definition) is 4. The molecule has 0 aromatic heterocycles. The van der Waals surface area contributed by atoms with Crippen molar-refractivity contribution in [2.45, 2.75) is 39.8 Å². The minimum Gasteiger partial charge on any atom is -0.399 e. The van der Waals surface area contributed by atoms with E-state index in [0.29, 0.717) is 22.5 Å². The number of benzene rings is 2. The van der Waals surface area contributed by atoms with Crippen LogP contribution in [0.4, 0.5) is 11.4 Å². The second-order valence-electron chi connectivity index (χ2n) is 8.37. The number of hydrogen-bond acceptors (Lipinski definition) is 7. The van der Waals surface area contributed by atoms with Crippen molar-refractivity contribution in [2.24, 2.45) is 11.8 Å². The highest BCUT2D eigenvalue weighted by atomic mass is 16.6. The molecule has 2 aromatic carbocycles. The predicted octanol–water partition coefficient (Wildman–Crippen LogP) is 2.13. The quantitative estimate of drug-likeness (QED) is 0.271. The standard InChI is InChI=1S/C24H30N4O5/c1-13(2)19(27-21(29)15-5-9-17(25)10-6-15)23(31)33-24(32)20(14(3)4)28-22(30)16-7-11-18(26)12-8-16/h5-14,19-20H,25-26H2,1-4H3,(H,27,29)(H,28,30). The minimum atomic E-state index is -1.07. The van der Waals surface area contributed by atoms with Gasteiger partial charge in [0, 0.05) is 22.5 Å². The molecule has 0 saturated carbocycles. The summed E-state index contributed by atoms with van der Waals surface area (Å²) in [4.78, 5) is 50.5. The second-order valence-corrected chi connectivity index (χ2v) is 8.37. The molecule has 9 nitrogen and oxygen atoms in total. The third kappa shape index (κ3) is 7.06. The largest absolute Gasteiger partial charge is 0.399 e. The van der Waals surface area contributed by atoms with Crippen molar-refractivity contribution >= 4 is 35.1 Å². The van der Waals surface area contributed by atoms with Gasteiger partial charge < -0.3 is 26.8 Å². The molecule has 2 rings (SSSR count). The fourth-order valence-corrected chi connectivity index (χ4v) is 2.94. The third-order valence-electron chi connectivity index (χ3n) is 4.96. The van der Waals surface area contributed by atoms with Crippen LogP contribution in [0.25, 0.3) is 0 Å². The van der Waals surface area contributed by atoms with Crippen molar-refractivity contribution in [1.29, 1.82) is 0 Å². The van der Waals surface area contributed by atoms with Gasteiger partial charge in [0.05, 0.1) is 0 Å². The summed E-state index contributed by atoms with van der Waals surface area (Å²) in [5, 5.41) is 5.18. The van der Waals surface area contributed by atoms with Crippen LogP contribution in [0, 0.1) is 11.8 Å². The highest BCUT2D eigenvalue weighted by Crippen LogP contribution is 2.12. The van der Waals surface area contributed by atoms with Crippen molar-refractivity contribution in [3.05, 3.63) is 59.7 Å². The van der Waals surface area contributed by atoms with Crippen LogP contribution in [-0.2, 0) is 14.3 Å². The van der Waals surface area contributed by atoms with Gasteiger partial charge in [0.25, 0.3) is 11.8 Å². The Bertz CT molecular complexity index is 919. The van der Waals surface area contributed by atoms with Crippen LogP contribution in [0.3, 0.4) is 0 Å². The first kappa shape index (κ1) is 25.4. The van der Waals surface area contributed by atoms with E-state index in [1.165, 1.54) is 24.3 Å². The maximum Gasteiger partial charge on any atom is 0.336 e. The first-order valence-corrected chi connectivity index (χ1v) is 10.6. The summed E-state index contributed by atoms with van der Waals surface area (Å²) in [5.41, 5.74) is 12.9. The second kappa shape index (κ2) is 11.1. The molecule has 33 heavy (non-hydrogen) atoms. The lowest BCUT2D eigenvalue weighted by Gasteiger charge is -2.24. The number of nitrogens with one attached hydrogen (secondary N) is 2. The minimum absolute atomic E-state index is 0.310. The molecule has 0 aliphatic rings. The van der Waals surface area contributed by atoms with Gasteiger partial charge in [-0.25, -0.2) is 9.59 Å². The van der Waals surface area contributed by atoms with Gasteiger partial charge in [-0.3, -0.25) is 9.59 Å². The zero-order valence-electron chi connectivity index (χ0n) is 19.1. The molecular formula is C24H30N4O5. The Morgan fingerprint density at radius 2 is 0.939 bits per heavy atom. The smallest absolute Gasteiger partial charge is 0.336 e. The van der Waals surface area contributed by atoms with Crippen molar-refractivity contribution in [2.75, 3.05) is 11.5 Å². The molecule has 2 amide bonds. The molecule has 6 N–H and O–H groups in total. The number of amides is 2. The SMILES string of the molecule is CC(C)C(NC(=O)c1ccc(N)cc1)C(=O)OC(=O)C(NC(=O)c1ccc(N)cc1)C(C)C. The number of rotatable bonds is 8. The summed E-state index contributed by atoms with van der Waals surface area (Å²) < 4.78 is 5.06. The van der Waals surface area contributed by atoms with Gasteiger partial charge >= 0.3 is 11.9 Å². The van der Waals surface area contributed by atoms with E-state index in [9.17, 15) is 19.2 Å². The van der Waals surface area contributed by atoms with Crippen molar-refractivity contribution in [3.63, 3.8) is 0 Å². The van der Waals surface area contributed by atoms with Crippen LogP contribution in [0.5, 0.6) is 0 Å². The molecular weight excluding hydrogens is 424 g/mol. The Morgan fingerprint density at radius 1 is 0.636 bits per heavy atom. The average molecular weight is 455 g/mol. The van der Waals surface area contributed by atoms with E-state index >= 15 is 0 Å². The van der Waals surface area contributed by atoms with E-state index in [1.54, 1.807) is 52.0 Å². The van der Waals surface area contributed by atoms with Gasteiger partial charge in [0.15, 0.2) is 0 Å². The molecule has 2 unspecified atom stereocenters. The number of ether oxygens (including phenoxy) is 1. The Hall–Kier alpha value is -3.88. The first-order valence-electron chi connectivity index (χ1n) is 10.6. The predicted molar refractivity (Wildman–Crippen MR) is 125 cm³/mol. The maximum atomic E-state index is 12.7. The van der Waals surface area contributed by atoms with E-state index < -0.39 is 35.8 Å². The monoisotopic (exact) mass is 454 g/mol. The number of carbonyl (C=O) groups is 4. The number of carbonyl (C=O) groups excluding carboxylic acids is 4. The summed E-state index contributed by atoms with van der Waals surface area (Å²) >= 11 is 0. The van der Waals surface area contributed by atoms with Gasteiger partial charge in [-0.1, -0.05) is 27.7 Å². The first-order chi connectivity index (χ1) is 15.5. The highest BCUT2D eigenvalue weighted by molar-refractivity contribution is 6.00. The molecule has 0 aliphatic heterocycles. The fraction of sp³-hybridized carbons (Fsp3) is 0.333. The molecule has 0 heterocycles. The van der Waals surface area contributed by atoms with E-state index in [2.05, 4.69) is 10.6 Å². The van der Waals surface area contributed by atoms with E-state index in [-0.39, 0.29) is 11.8 Å². The molecule has 176 valence electrons. The van der Waals surface area contributed by atoms with Crippen LogP contribution in [0.1, 0.15) is 48.4 Å². The van der Waals surface area contributed by atoms with E-state index in [0.717, 1.165) is 0 Å². The van der Waals surface area contributed by atoms with Gasteiger partial charge in [-0.15, -0.1) is 0 Å². The molecule has 2 atom stereocenters. The Labute approximate surface area is 192 Å². The lowest BCUT2D eigenvalue weighted by atomic mass is 10.0. The van der Waals surface area contributed by atoms with Crippen LogP contribution in [-0.4, -0.2) is 35.8 Å². The fourth-order valence-electron chi connectivity index (χ4n) is 2.94. The van der Waals surface area contributed by atoms with Crippen molar-refractivity contribution in [1.82, 2.24) is 10.6 Å². The third-order valence-corrected chi connectivity index (χ3v) is 4.96. The van der Waals surface area contributed by atoms with Crippen LogP contribution >= 0.6 is 0 Å². The van der Waals surface area contributed by atoms with Gasteiger partial charge in [-0.2, -0.15) is 0 Å². The molecule has 0 spiro atoms. The van der Waals surface area contributed by atoms with Crippen molar-refractivity contribution < 1.29 is 23.9 Å². The molecule has 0 fully saturated rings. The number of nitrogen functional groups attached to an aromatic ring is 2. The number of nitrogens with two attached hydrogens (primary N) is 2. The molecule has 0 aliphatic carbocycles. The van der Waals surface area contributed by atoms with Crippen LogP contribution < -0.4 is 22.1 Å². The zero-order chi connectivity index (χ0) is 24.7. The van der Waals surface area contributed by atoms with Gasteiger partial charge in [-0.05, 0) is 60.4 Å². The van der Waals surface area contributed by atoms with Crippen LogP contribution in [0.15, 0.2) is 48.5 Å². The van der Waals surface area contributed by atoms with Crippen molar-refractivity contribution in [3.8, 4) is 0 Å². The average Bonchev–Trinajstić information content (AvgIpc) is 2.75. The van der Waals surface area contributed by atoms with E-state index in [1.807, 2.05) is 0 Å². The summed E-state index contributed by atoms with van der Waals surface area (Å²) in [6, 6.07) is 10.2. The molecule has 2 aromatic rings. The molecule has 0 radical (unpaired) electrons. The Morgan fingerprint density at radius 3 is 1.21 bits per heavy atom. The lowest BCUT2D eigenvalue weighted by Crippen LogP contribution is -2.50. The lowest BCUT2D eigenvalue weighted by molar-refractivity contribution is -0.163. The van der Waals surface area contributed by atoms with E-state index in [4.69, 9.17) is 16.2 Å². The highest BCUT2D eigenvalue weighted by Gasteiger charge is 2.33. The zero-order valence-corrected chi connectivity index (χ0v) is 19.1. The summed E-state index contributed by atoms with van der Waals surface area (Å²) in [6.45, 7) is 6.84. The number of esters is 2. The summed E-state index contributed by atoms with van der Waals surface area (Å²) in [7, 11) is 0. The summed E-state index contributed by atoms with van der Waals surface area (Å²) in [5.74, 6) is -3.54. The van der Waals surface area contributed by atoms with Crippen LogP contribution in [0.2, 0.25) is 0 Å². The topological polar surface area (TPSA) is 154 Å². The summed E-state index contributed by atoms with van der Waals surface area (Å²) in [6.07, 6.45) is 0. The molecule has 9 heteroatoms. The Kier molecular flexibility index (Phi) is 8.56.